The summed E-state index contributed by atoms with van der Waals surface area (Å²) in [5.41, 5.74) is 2.08. The van der Waals surface area contributed by atoms with Gasteiger partial charge in [-0.3, -0.25) is 9.58 Å². The predicted molar refractivity (Wildman–Crippen MR) is 98.1 cm³/mol. The van der Waals surface area contributed by atoms with E-state index in [1.165, 1.54) is 5.56 Å². The zero-order valence-electron chi connectivity index (χ0n) is 15.0. The number of hydrogen-bond donors (Lipinski definition) is 2. The van der Waals surface area contributed by atoms with E-state index >= 15 is 0 Å². The molecule has 1 fully saturated rings. The van der Waals surface area contributed by atoms with Crippen molar-refractivity contribution in [1.29, 1.82) is 0 Å². The van der Waals surface area contributed by atoms with Crippen molar-refractivity contribution in [2.75, 3.05) is 19.7 Å². The van der Waals surface area contributed by atoms with Crippen LogP contribution in [0.5, 0.6) is 0 Å². The fourth-order valence-electron chi connectivity index (χ4n) is 3.88. The number of aromatic nitrogens is 2. The average molecular weight is 343 g/mol. The number of likely N-dealkylation sites (tertiary alicyclic amines) is 1. The second-order valence-electron chi connectivity index (χ2n) is 7.30. The van der Waals surface area contributed by atoms with Crippen molar-refractivity contribution in [1.82, 2.24) is 14.7 Å². The minimum Gasteiger partial charge on any atom is -0.396 e. The van der Waals surface area contributed by atoms with Gasteiger partial charge in [0, 0.05) is 30.3 Å². The summed E-state index contributed by atoms with van der Waals surface area (Å²) in [5, 5.41) is 24.8. The van der Waals surface area contributed by atoms with Gasteiger partial charge in [-0.2, -0.15) is 5.10 Å². The standard InChI is InChI=1S/C20H29N3O2/c1-2-8-20(16-24)9-10-22(15-19(20)25)12-18-11-21-23(14-18)13-17-6-4-3-5-7-17/h3-7,11,14,19,24-25H,2,8-10,12-13,15-16H2,1H3/t19-,20+/m0/s1. The summed E-state index contributed by atoms with van der Waals surface area (Å²) in [6.45, 7) is 5.27. The molecule has 25 heavy (non-hydrogen) atoms. The van der Waals surface area contributed by atoms with Gasteiger partial charge in [0.25, 0.3) is 0 Å². The van der Waals surface area contributed by atoms with Crippen LogP contribution in [0.2, 0.25) is 0 Å². The topological polar surface area (TPSA) is 61.5 Å². The lowest BCUT2D eigenvalue weighted by Gasteiger charge is -2.44. The molecule has 0 spiro atoms. The lowest BCUT2D eigenvalue weighted by Crippen LogP contribution is -2.52. The zero-order chi connectivity index (χ0) is 17.7. The highest BCUT2D eigenvalue weighted by Crippen LogP contribution is 2.36. The van der Waals surface area contributed by atoms with Crippen LogP contribution in [-0.4, -0.2) is 50.7 Å². The van der Waals surface area contributed by atoms with Crippen LogP contribution in [0.15, 0.2) is 42.7 Å². The Morgan fingerprint density at radius 2 is 2.00 bits per heavy atom. The van der Waals surface area contributed by atoms with E-state index in [0.29, 0.717) is 6.54 Å². The number of rotatable bonds is 7. The Kier molecular flexibility index (Phi) is 5.89. The Hall–Kier alpha value is -1.69. The summed E-state index contributed by atoms with van der Waals surface area (Å²) in [6.07, 6.45) is 6.24. The molecule has 0 bridgehead atoms. The number of aliphatic hydroxyl groups is 2. The minimum atomic E-state index is -0.467. The van der Waals surface area contributed by atoms with E-state index in [2.05, 4.69) is 35.3 Å². The summed E-state index contributed by atoms with van der Waals surface area (Å²) in [4.78, 5) is 2.26. The zero-order valence-corrected chi connectivity index (χ0v) is 15.0. The number of aliphatic hydroxyl groups excluding tert-OH is 2. The van der Waals surface area contributed by atoms with Crippen molar-refractivity contribution >= 4 is 0 Å². The molecule has 1 aromatic carbocycles. The molecule has 5 heteroatoms. The highest BCUT2D eigenvalue weighted by atomic mass is 16.3. The Bertz CT molecular complexity index is 658. The normalized spacial score (nSPS) is 24.5. The first kappa shape index (κ1) is 18.1. The molecule has 3 rings (SSSR count). The Labute approximate surface area is 149 Å². The molecular formula is C20H29N3O2. The van der Waals surface area contributed by atoms with Gasteiger partial charge in [-0.25, -0.2) is 0 Å². The molecule has 1 aromatic heterocycles. The van der Waals surface area contributed by atoms with Crippen LogP contribution in [0.25, 0.3) is 0 Å². The molecule has 0 saturated carbocycles. The predicted octanol–water partition coefficient (Wildman–Crippen LogP) is 2.28. The fraction of sp³-hybridized carbons (Fsp3) is 0.550. The number of piperidine rings is 1. The minimum absolute atomic E-state index is 0.0743. The third-order valence-electron chi connectivity index (χ3n) is 5.41. The number of β-amino-alcohol motifs (C(OH)–C–C–N with tert-alkyl or cyclic N) is 1. The van der Waals surface area contributed by atoms with Crippen molar-refractivity contribution in [3.63, 3.8) is 0 Å². The van der Waals surface area contributed by atoms with E-state index in [1.54, 1.807) is 0 Å². The summed E-state index contributed by atoms with van der Waals surface area (Å²) in [5.74, 6) is 0. The second kappa shape index (κ2) is 8.13. The quantitative estimate of drug-likeness (QED) is 0.810. The monoisotopic (exact) mass is 343 g/mol. The number of benzene rings is 1. The van der Waals surface area contributed by atoms with E-state index in [9.17, 15) is 10.2 Å². The maximum Gasteiger partial charge on any atom is 0.0745 e. The highest BCUT2D eigenvalue weighted by Gasteiger charge is 2.40. The van der Waals surface area contributed by atoms with Crippen molar-refractivity contribution in [3.05, 3.63) is 53.9 Å². The van der Waals surface area contributed by atoms with Crippen molar-refractivity contribution in [2.45, 2.75) is 45.4 Å². The first-order chi connectivity index (χ1) is 12.1. The molecule has 5 nitrogen and oxygen atoms in total. The Balaban J connectivity index is 1.57. The summed E-state index contributed by atoms with van der Waals surface area (Å²) in [6, 6.07) is 10.3. The van der Waals surface area contributed by atoms with E-state index in [4.69, 9.17) is 0 Å². The van der Waals surface area contributed by atoms with Gasteiger partial charge in [-0.1, -0.05) is 43.7 Å². The van der Waals surface area contributed by atoms with Crippen LogP contribution in [0.1, 0.15) is 37.3 Å². The van der Waals surface area contributed by atoms with Crippen LogP contribution < -0.4 is 0 Å². The molecule has 2 aromatic rings. The molecule has 1 saturated heterocycles. The maximum atomic E-state index is 10.6. The van der Waals surface area contributed by atoms with Crippen LogP contribution >= 0.6 is 0 Å². The molecule has 0 radical (unpaired) electrons. The molecule has 2 heterocycles. The highest BCUT2D eigenvalue weighted by molar-refractivity contribution is 5.15. The number of nitrogens with zero attached hydrogens (tertiary/aromatic N) is 3. The molecule has 2 N–H and O–H groups in total. The summed E-state index contributed by atoms with van der Waals surface area (Å²) < 4.78 is 1.96. The molecule has 136 valence electrons. The summed E-state index contributed by atoms with van der Waals surface area (Å²) >= 11 is 0. The van der Waals surface area contributed by atoms with Crippen LogP contribution in [0.3, 0.4) is 0 Å². The third-order valence-corrected chi connectivity index (χ3v) is 5.41. The average Bonchev–Trinajstić information content (AvgIpc) is 3.05. The van der Waals surface area contributed by atoms with E-state index in [-0.39, 0.29) is 12.0 Å². The van der Waals surface area contributed by atoms with Crippen molar-refractivity contribution in [2.24, 2.45) is 5.41 Å². The van der Waals surface area contributed by atoms with Gasteiger partial charge in [0.15, 0.2) is 0 Å². The van der Waals surface area contributed by atoms with Crippen LogP contribution in [0.4, 0.5) is 0 Å². The first-order valence-electron chi connectivity index (χ1n) is 9.22. The van der Waals surface area contributed by atoms with E-state index in [1.807, 2.05) is 29.1 Å². The fourth-order valence-corrected chi connectivity index (χ4v) is 3.88. The van der Waals surface area contributed by atoms with Crippen LogP contribution in [0, 0.1) is 5.41 Å². The Morgan fingerprint density at radius 3 is 2.68 bits per heavy atom. The summed E-state index contributed by atoms with van der Waals surface area (Å²) in [7, 11) is 0. The second-order valence-corrected chi connectivity index (χ2v) is 7.30. The molecule has 2 atom stereocenters. The van der Waals surface area contributed by atoms with Gasteiger partial charge in [0.1, 0.15) is 0 Å². The van der Waals surface area contributed by atoms with Crippen molar-refractivity contribution < 1.29 is 10.2 Å². The molecule has 1 aliphatic heterocycles. The molecule has 0 amide bonds. The first-order valence-corrected chi connectivity index (χ1v) is 9.22. The third kappa shape index (κ3) is 4.29. The van der Waals surface area contributed by atoms with Gasteiger partial charge in [-0.05, 0) is 24.9 Å². The van der Waals surface area contributed by atoms with Gasteiger partial charge in [0.05, 0.1) is 25.5 Å². The lowest BCUT2D eigenvalue weighted by atomic mass is 9.73. The molecule has 0 unspecified atom stereocenters. The molecule has 1 aliphatic rings. The van der Waals surface area contributed by atoms with Gasteiger partial charge in [-0.15, -0.1) is 0 Å². The smallest absolute Gasteiger partial charge is 0.0745 e. The van der Waals surface area contributed by atoms with Gasteiger partial charge in [0.2, 0.25) is 0 Å². The van der Waals surface area contributed by atoms with E-state index < -0.39 is 6.10 Å². The van der Waals surface area contributed by atoms with E-state index in [0.717, 1.165) is 44.5 Å². The maximum absolute atomic E-state index is 10.6. The van der Waals surface area contributed by atoms with Crippen molar-refractivity contribution in [3.8, 4) is 0 Å². The molecular weight excluding hydrogens is 314 g/mol. The lowest BCUT2D eigenvalue weighted by molar-refractivity contribution is -0.0802. The number of hydrogen-bond acceptors (Lipinski definition) is 4. The largest absolute Gasteiger partial charge is 0.396 e. The van der Waals surface area contributed by atoms with Crippen LogP contribution in [-0.2, 0) is 13.1 Å². The SMILES string of the molecule is CCC[C@]1(CO)CCN(Cc2cnn(Cc3ccccc3)c2)C[C@@H]1O. The van der Waals surface area contributed by atoms with Gasteiger partial charge >= 0.3 is 0 Å². The Morgan fingerprint density at radius 1 is 1.20 bits per heavy atom. The molecule has 0 aliphatic carbocycles. The van der Waals surface area contributed by atoms with Gasteiger partial charge < -0.3 is 10.2 Å².